The number of ether oxygens (including phenoxy) is 1. The predicted molar refractivity (Wildman–Crippen MR) is 96.2 cm³/mol. The van der Waals surface area contributed by atoms with Crippen molar-refractivity contribution in [3.05, 3.63) is 42.2 Å². The average molecular weight is 374 g/mol. The normalized spacial score (nSPS) is 15.9. The van der Waals surface area contributed by atoms with Crippen LogP contribution < -0.4 is 5.32 Å². The number of esters is 1. The van der Waals surface area contributed by atoms with Gasteiger partial charge in [0.1, 0.15) is 11.4 Å². The molecule has 27 heavy (non-hydrogen) atoms. The highest BCUT2D eigenvalue weighted by Gasteiger charge is 2.41. The van der Waals surface area contributed by atoms with E-state index in [1.165, 1.54) is 19.4 Å². The van der Waals surface area contributed by atoms with Crippen LogP contribution in [0.3, 0.4) is 0 Å². The number of aryl methyl sites for hydroxylation is 1. The molecule has 0 saturated heterocycles. The number of rotatable bonds is 6. The number of carbonyl (C=O) groups is 2. The fourth-order valence-corrected chi connectivity index (χ4v) is 3.49. The largest absolute Gasteiger partial charge is 0.467 e. The lowest BCUT2D eigenvalue weighted by Gasteiger charge is -2.35. The van der Waals surface area contributed by atoms with Gasteiger partial charge < -0.3 is 14.5 Å². The van der Waals surface area contributed by atoms with Gasteiger partial charge in [-0.3, -0.25) is 4.79 Å². The number of carbonyl (C=O) groups excluding carboxylic acids is 2. The van der Waals surface area contributed by atoms with Gasteiger partial charge in [-0.2, -0.15) is 0 Å². The Bertz CT molecular complexity index is 812. The van der Waals surface area contributed by atoms with Crippen molar-refractivity contribution in [2.45, 2.75) is 50.5 Å². The molecule has 1 aliphatic carbocycles. The third-order valence-electron chi connectivity index (χ3n) is 4.92. The SMILES string of the molecule is COC(=O)C1(NC(=O)CCc2ncc(-c3ccccc3F)o2)CCCCC1. The lowest BCUT2D eigenvalue weighted by molar-refractivity contribution is -0.152. The minimum Gasteiger partial charge on any atom is -0.467 e. The monoisotopic (exact) mass is 374 g/mol. The van der Waals surface area contributed by atoms with Crippen molar-refractivity contribution in [1.82, 2.24) is 10.3 Å². The van der Waals surface area contributed by atoms with Crippen molar-refractivity contribution < 1.29 is 23.1 Å². The van der Waals surface area contributed by atoms with Crippen molar-refractivity contribution in [3.8, 4) is 11.3 Å². The molecule has 1 saturated carbocycles. The van der Waals surface area contributed by atoms with Gasteiger partial charge in [-0.1, -0.05) is 31.4 Å². The Morgan fingerprint density at radius 3 is 2.70 bits per heavy atom. The van der Waals surface area contributed by atoms with E-state index < -0.39 is 17.3 Å². The smallest absolute Gasteiger partial charge is 0.331 e. The van der Waals surface area contributed by atoms with Crippen LogP contribution in [0.25, 0.3) is 11.3 Å². The first-order valence-electron chi connectivity index (χ1n) is 9.13. The fraction of sp³-hybridized carbons (Fsp3) is 0.450. The summed E-state index contributed by atoms with van der Waals surface area (Å²) in [6.45, 7) is 0. The Morgan fingerprint density at radius 1 is 1.26 bits per heavy atom. The zero-order valence-electron chi connectivity index (χ0n) is 15.3. The molecule has 1 aliphatic rings. The molecule has 6 nitrogen and oxygen atoms in total. The summed E-state index contributed by atoms with van der Waals surface area (Å²) < 4.78 is 24.3. The molecular weight excluding hydrogens is 351 g/mol. The first kappa shape index (κ1) is 19.1. The molecule has 144 valence electrons. The summed E-state index contributed by atoms with van der Waals surface area (Å²) >= 11 is 0. The Balaban J connectivity index is 1.61. The van der Waals surface area contributed by atoms with Crippen LogP contribution in [0.1, 0.15) is 44.4 Å². The van der Waals surface area contributed by atoms with Gasteiger partial charge in [0.15, 0.2) is 11.7 Å². The van der Waals surface area contributed by atoms with Gasteiger partial charge in [0.05, 0.1) is 18.9 Å². The second kappa shape index (κ2) is 8.33. The number of hydrogen-bond acceptors (Lipinski definition) is 5. The van der Waals surface area contributed by atoms with Gasteiger partial charge in [0, 0.05) is 12.8 Å². The number of methoxy groups -OCH3 is 1. The van der Waals surface area contributed by atoms with Crippen LogP contribution in [0.15, 0.2) is 34.9 Å². The molecule has 0 spiro atoms. The van der Waals surface area contributed by atoms with Gasteiger partial charge in [-0.05, 0) is 25.0 Å². The second-order valence-electron chi connectivity index (χ2n) is 6.78. The highest BCUT2D eigenvalue weighted by molar-refractivity contribution is 5.88. The van der Waals surface area contributed by atoms with E-state index in [9.17, 15) is 14.0 Å². The lowest BCUT2D eigenvalue weighted by atomic mass is 9.81. The van der Waals surface area contributed by atoms with Crippen LogP contribution >= 0.6 is 0 Å². The van der Waals surface area contributed by atoms with E-state index in [1.807, 2.05) is 0 Å². The van der Waals surface area contributed by atoms with Crippen LogP contribution in [-0.4, -0.2) is 29.5 Å². The van der Waals surface area contributed by atoms with Crippen molar-refractivity contribution in [1.29, 1.82) is 0 Å². The maximum Gasteiger partial charge on any atom is 0.331 e. The van der Waals surface area contributed by atoms with Crippen LogP contribution in [0.4, 0.5) is 4.39 Å². The number of nitrogens with one attached hydrogen (secondary N) is 1. The quantitative estimate of drug-likeness (QED) is 0.784. The summed E-state index contributed by atoms with van der Waals surface area (Å²) in [7, 11) is 1.34. The van der Waals surface area contributed by atoms with Gasteiger partial charge in [-0.25, -0.2) is 14.2 Å². The minimum absolute atomic E-state index is 0.121. The van der Waals surface area contributed by atoms with Crippen LogP contribution in [0, 0.1) is 5.82 Å². The van der Waals surface area contributed by atoms with Crippen molar-refractivity contribution in [3.63, 3.8) is 0 Å². The van der Waals surface area contributed by atoms with Crippen molar-refractivity contribution in [2.24, 2.45) is 0 Å². The maximum absolute atomic E-state index is 13.8. The minimum atomic E-state index is -0.932. The first-order chi connectivity index (χ1) is 13.0. The molecule has 2 aromatic rings. The van der Waals surface area contributed by atoms with Crippen molar-refractivity contribution in [2.75, 3.05) is 7.11 Å². The first-order valence-corrected chi connectivity index (χ1v) is 9.13. The molecule has 1 fully saturated rings. The molecule has 1 amide bonds. The zero-order chi connectivity index (χ0) is 19.3. The molecule has 1 N–H and O–H groups in total. The maximum atomic E-state index is 13.8. The Hall–Kier alpha value is -2.70. The molecule has 1 aromatic heterocycles. The number of benzene rings is 1. The van der Waals surface area contributed by atoms with Crippen LogP contribution in [-0.2, 0) is 20.7 Å². The van der Waals surface area contributed by atoms with Gasteiger partial charge in [0.2, 0.25) is 5.91 Å². The van der Waals surface area contributed by atoms with E-state index in [1.54, 1.807) is 18.2 Å². The lowest BCUT2D eigenvalue weighted by Crippen LogP contribution is -2.56. The van der Waals surface area contributed by atoms with Crippen LogP contribution in [0.5, 0.6) is 0 Å². The third kappa shape index (κ3) is 4.35. The number of amides is 1. The van der Waals surface area contributed by atoms with E-state index in [0.717, 1.165) is 19.3 Å². The van der Waals surface area contributed by atoms with E-state index in [4.69, 9.17) is 9.15 Å². The van der Waals surface area contributed by atoms with Crippen molar-refractivity contribution >= 4 is 11.9 Å². The molecule has 7 heteroatoms. The number of aromatic nitrogens is 1. The number of halogens is 1. The highest BCUT2D eigenvalue weighted by Crippen LogP contribution is 2.29. The average Bonchev–Trinajstić information content (AvgIpc) is 3.15. The van der Waals surface area contributed by atoms with Gasteiger partial charge in [0.25, 0.3) is 0 Å². The van der Waals surface area contributed by atoms with E-state index in [0.29, 0.717) is 30.1 Å². The topological polar surface area (TPSA) is 81.4 Å². The molecular formula is C20H23FN2O4. The third-order valence-corrected chi connectivity index (χ3v) is 4.92. The summed E-state index contributed by atoms with van der Waals surface area (Å²) in [6, 6.07) is 6.27. The number of oxazole rings is 1. The Morgan fingerprint density at radius 2 is 2.00 bits per heavy atom. The Kier molecular flexibility index (Phi) is 5.88. The molecule has 0 bridgehead atoms. The number of nitrogens with zero attached hydrogens (tertiary/aromatic N) is 1. The summed E-state index contributed by atoms with van der Waals surface area (Å²) in [5.74, 6) is -0.377. The second-order valence-corrected chi connectivity index (χ2v) is 6.78. The molecule has 0 atom stereocenters. The standard InChI is InChI=1S/C20H23FN2O4/c1-26-19(25)20(11-5-2-6-12-20)23-17(24)9-10-18-22-13-16(27-18)14-7-3-4-8-15(14)21/h3-4,7-8,13H,2,5-6,9-12H2,1H3,(H,23,24). The number of hydrogen-bond donors (Lipinski definition) is 1. The van der Waals surface area contributed by atoms with Gasteiger partial charge >= 0.3 is 5.97 Å². The summed E-state index contributed by atoms with van der Waals surface area (Å²) in [5, 5.41) is 2.86. The molecule has 3 rings (SSSR count). The summed E-state index contributed by atoms with van der Waals surface area (Å²) in [4.78, 5) is 28.7. The van der Waals surface area contributed by atoms with E-state index in [-0.39, 0.29) is 18.7 Å². The molecule has 0 aliphatic heterocycles. The van der Waals surface area contributed by atoms with Gasteiger partial charge in [-0.15, -0.1) is 0 Å². The Labute approximate surface area is 157 Å². The molecule has 0 unspecified atom stereocenters. The highest BCUT2D eigenvalue weighted by atomic mass is 19.1. The van der Waals surface area contributed by atoms with E-state index >= 15 is 0 Å². The summed E-state index contributed by atoms with van der Waals surface area (Å²) in [5.41, 5.74) is -0.605. The zero-order valence-corrected chi connectivity index (χ0v) is 15.3. The fourth-order valence-electron chi connectivity index (χ4n) is 3.49. The summed E-state index contributed by atoms with van der Waals surface area (Å²) in [6.07, 6.45) is 5.80. The van der Waals surface area contributed by atoms with E-state index in [2.05, 4.69) is 10.3 Å². The molecule has 0 radical (unpaired) electrons. The molecule has 1 aromatic carbocycles. The van der Waals surface area contributed by atoms with Crippen LogP contribution in [0.2, 0.25) is 0 Å². The molecule has 1 heterocycles. The predicted octanol–water partition coefficient (Wildman–Crippen LogP) is 3.41.